The summed E-state index contributed by atoms with van der Waals surface area (Å²) in [5, 5.41) is 8.36. The molecule has 0 radical (unpaired) electrons. The van der Waals surface area contributed by atoms with Crippen molar-refractivity contribution in [3.63, 3.8) is 0 Å². The van der Waals surface area contributed by atoms with Gasteiger partial charge in [0.1, 0.15) is 17.9 Å². The molecular weight excluding hydrogens is 359 g/mol. The smallest absolute Gasteiger partial charge is 0.278 e. The van der Waals surface area contributed by atoms with Crippen molar-refractivity contribution >= 4 is 16.8 Å². The second kappa shape index (κ2) is 9.21. The number of rotatable bonds is 8. The van der Waals surface area contributed by atoms with Crippen LogP contribution in [0.25, 0.3) is 10.9 Å². The maximum Gasteiger partial charge on any atom is 0.278 e. The molecule has 0 bridgehead atoms. The van der Waals surface area contributed by atoms with Crippen molar-refractivity contribution < 1.29 is 9.18 Å². The molecule has 0 unspecified atom stereocenters. The first-order valence-corrected chi connectivity index (χ1v) is 9.43. The zero-order valence-electron chi connectivity index (χ0n) is 15.8. The van der Waals surface area contributed by atoms with E-state index < -0.39 is 0 Å². The highest BCUT2D eigenvalue weighted by Gasteiger charge is 2.17. The van der Waals surface area contributed by atoms with Gasteiger partial charge < -0.3 is 4.90 Å². The molecule has 146 valence electrons. The summed E-state index contributed by atoms with van der Waals surface area (Å²) >= 11 is 0. The Morgan fingerprint density at radius 3 is 2.61 bits per heavy atom. The number of hydrogen-bond donors (Lipinski definition) is 0. The van der Waals surface area contributed by atoms with Gasteiger partial charge in [0, 0.05) is 13.1 Å². The van der Waals surface area contributed by atoms with Gasteiger partial charge in [0.15, 0.2) is 0 Å². The standard InChI is InChI=1S/C21H23FN4O2/c1-2-3-6-13-25(14-16-9-11-17(22)12-10-16)20(27)15-26-21(28)18-7-4-5-8-19(18)23-24-26/h4-5,7-12H,2-3,6,13-15H2,1H3. The van der Waals surface area contributed by atoms with Crippen molar-refractivity contribution in [2.75, 3.05) is 6.54 Å². The largest absolute Gasteiger partial charge is 0.337 e. The molecule has 3 rings (SSSR count). The summed E-state index contributed by atoms with van der Waals surface area (Å²) in [6.45, 7) is 2.85. The van der Waals surface area contributed by atoms with Crippen molar-refractivity contribution in [3.05, 3.63) is 70.3 Å². The first kappa shape index (κ1) is 19.7. The van der Waals surface area contributed by atoms with Crippen LogP contribution in [0.4, 0.5) is 4.39 Å². The summed E-state index contributed by atoms with van der Waals surface area (Å²) in [5.41, 5.74) is 1.000. The molecule has 1 aromatic heterocycles. The molecule has 0 aliphatic heterocycles. The van der Waals surface area contributed by atoms with Gasteiger partial charge >= 0.3 is 0 Å². The van der Waals surface area contributed by atoms with Gasteiger partial charge in [0.2, 0.25) is 5.91 Å². The molecule has 28 heavy (non-hydrogen) atoms. The number of benzene rings is 2. The maximum atomic E-state index is 13.2. The number of nitrogens with zero attached hydrogens (tertiary/aromatic N) is 4. The van der Waals surface area contributed by atoms with E-state index >= 15 is 0 Å². The van der Waals surface area contributed by atoms with E-state index in [4.69, 9.17) is 0 Å². The number of hydrogen-bond acceptors (Lipinski definition) is 4. The van der Waals surface area contributed by atoms with Gasteiger partial charge in [0.05, 0.1) is 5.39 Å². The zero-order valence-corrected chi connectivity index (χ0v) is 15.8. The molecule has 0 atom stereocenters. The molecule has 1 amide bonds. The van der Waals surface area contributed by atoms with E-state index in [-0.39, 0.29) is 23.8 Å². The van der Waals surface area contributed by atoms with Gasteiger partial charge in [-0.2, -0.15) is 0 Å². The molecule has 3 aromatic rings. The summed E-state index contributed by atoms with van der Waals surface area (Å²) in [5.74, 6) is -0.530. The Hall–Kier alpha value is -3.09. The van der Waals surface area contributed by atoms with Gasteiger partial charge in [-0.05, 0) is 36.2 Å². The zero-order chi connectivity index (χ0) is 19.9. The Bertz CT molecular complexity index is 1000. The van der Waals surface area contributed by atoms with Gasteiger partial charge in [-0.1, -0.05) is 49.2 Å². The van der Waals surface area contributed by atoms with Crippen LogP contribution in [-0.2, 0) is 17.9 Å². The van der Waals surface area contributed by atoms with Gasteiger partial charge in [-0.3, -0.25) is 9.59 Å². The van der Waals surface area contributed by atoms with E-state index in [1.165, 1.54) is 12.1 Å². The fraction of sp³-hybridized carbons (Fsp3) is 0.333. The number of fused-ring (bicyclic) bond motifs is 1. The lowest BCUT2D eigenvalue weighted by Gasteiger charge is -2.23. The average molecular weight is 382 g/mol. The average Bonchev–Trinajstić information content (AvgIpc) is 2.71. The first-order valence-electron chi connectivity index (χ1n) is 9.43. The van der Waals surface area contributed by atoms with Gasteiger partial charge in [-0.15, -0.1) is 5.10 Å². The van der Waals surface area contributed by atoms with Gasteiger partial charge in [0.25, 0.3) is 5.56 Å². The monoisotopic (exact) mass is 382 g/mol. The van der Waals surface area contributed by atoms with Crippen molar-refractivity contribution in [1.29, 1.82) is 0 Å². The van der Waals surface area contributed by atoms with E-state index in [1.54, 1.807) is 41.3 Å². The quantitative estimate of drug-likeness (QED) is 0.561. The van der Waals surface area contributed by atoms with Crippen LogP contribution >= 0.6 is 0 Å². The summed E-state index contributed by atoms with van der Waals surface area (Å²) in [4.78, 5) is 27.2. The second-order valence-electron chi connectivity index (χ2n) is 6.72. The molecule has 0 saturated carbocycles. The Morgan fingerprint density at radius 1 is 1.11 bits per heavy atom. The predicted octanol–water partition coefficient (Wildman–Crippen LogP) is 3.15. The van der Waals surface area contributed by atoms with Crippen LogP contribution in [0.3, 0.4) is 0 Å². The molecule has 7 heteroatoms. The van der Waals surface area contributed by atoms with Crippen LogP contribution in [-0.4, -0.2) is 32.3 Å². The van der Waals surface area contributed by atoms with Crippen LogP contribution in [0.5, 0.6) is 0 Å². The number of halogens is 1. The topological polar surface area (TPSA) is 68.1 Å². The molecule has 6 nitrogen and oxygen atoms in total. The molecule has 0 aliphatic carbocycles. The summed E-state index contributed by atoms with van der Waals surface area (Å²) < 4.78 is 14.3. The minimum atomic E-state index is -0.339. The molecule has 0 N–H and O–H groups in total. The lowest BCUT2D eigenvalue weighted by atomic mass is 10.2. The Labute approximate surface area is 162 Å². The number of unbranched alkanes of at least 4 members (excludes halogenated alkanes) is 2. The normalized spacial score (nSPS) is 10.9. The number of carbonyl (C=O) groups excluding carboxylic acids is 1. The van der Waals surface area contributed by atoms with E-state index in [0.717, 1.165) is 29.5 Å². The highest BCUT2D eigenvalue weighted by molar-refractivity contribution is 5.78. The third kappa shape index (κ3) is 4.79. The van der Waals surface area contributed by atoms with Crippen LogP contribution in [0.15, 0.2) is 53.3 Å². The van der Waals surface area contributed by atoms with Crippen molar-refractivity contribution in [2.24, 2.45) is 0 Å². The first-order chi connectivity index (χ1) is 13.6. The maximum absolute atomic E-state index is 13.2. The molecular formula is C21H23FN4O2. The molecule has 1 heterocycles. The van der Waals surface area contributed by atoms with Crippen molar-refractivity contribution in [2.45, 2.75) is 39.3 Å². The van der Waals surface area contributed by atoms with E-state index in [0.29, 0.717) is 24.0 Å². The Morgan fingerprint density at radius 2 is 1.86 bits per heavy atom. The predicted molar refractivity (Wildman–Crippen MR) is 105 cm³/mol. The fourth-order valence-electron chi connectivity index (χ4n) is 3.01. The molecule has 0 saturated heterocycles. The summed E-state index contributed by atoms with van der Waals surface area (Å²) in [7, 11) is 0. The van der Waals surface area contributed by atoms with E-state index in [9.17, 15) is 14.0 Å². The number of aromatic nitrogens is 3. The van der Waals surface area contributed by atoms with Crippen molar-refractivity contribution in [1.82, 2.24) is 19.9 Å². The van der Waals surface area contributed by atoms with Crippen molar-refractivity contribution in [3.8, 4) is 0 Å². The molecule has 0 aliphatic rings. The Balaban J connectivity index is 1.79. The highest BCUT2D eigenvalue weighted by atomic mass is 19.1. The number of amides is 1. The third-order valence-corrected chi connectivity index (χ3v) is 4.59. The fourth-order valence-corrected chi connectivity index (χ4v) is 3.01. The van der Waals surface area contributed by atoms with Gasteiger partial charge in [-0.25, -0.2) is 9.07 Å². The SMILES string of the molecule is CCCCCN(Cc1ccc(F)cc1)C(=O)Cn1nnc2ccccc2c1=O. The van der Waals surface area contributed by atoms with Crippen LogP contribution < -0.4 is 5.56 Å². The minimum absolute atomic E-state index is 0.177. The minimum Gasteiger partial charge on any atom is -0.337 e. The lowest BCUT2D eigenvalue weighted by Crippen LogP contribution is -2.38. The third-order valence-electron chi connectivity index (χ3n) is 4.59. The summed E-state index contributed by atoms with van der Waals surface area (Å²) in [6, 6.07) is 13.0. The second-order valence-corrected chi connectivity index (χ2v) is 6.72. The molecule has 0 fully saturated rings. The molecule has 2 aromatic carbocycles. The van der Waals surface area contributed by atoms with E-state index in [2.05, 4.69) is 17.2 Å². The van der Waals surface area contributed by atoms with Crippen LogP contribution in [0, 0.1) is 5.82 Å². The summed E-state index contributed by atoms with van der Waals surface area (Å²) in [6.07, 6.45) is 2.90. The van der Waals surface area contributed by atoms with Crippen LogP contribution in [0.2, 0.25) is 0 Å². The molecule has 0 spiro atoms. The Kier molecular flexibility index (Phi) is 6.47. The van der Waals surface area contributed by atoms with E-state index in [1.807, 2.05) is 0 Å². The highest BCUT2D eigenvalue weighted by Crippen LogP contribution is 2.10. The van der Waals surface area contributed by atoms with Crippen LogP contribution in [0.1, 0.15) is 31.7 Å². The lowest BCUT2D eigenvalue weighted by molar-refractivity contribution is -0.132. The number of carbonyl (C=O) groups is 1.